The molecule has 0 aliphatic heterocycles. The maximum atomic E-state index is 12.6. The number of hydrogen-bond acceptors (Lipinski definition) is 9. The lowest BCUT2D eigenvalue weighted by Crippen LogP contribution is -2.37. The molecule has 0 aliphatic rings. The Hall–Kier alpha value is -1.33. The second-order valence-electron chi connectivity index (χ2n) is 20.3. The van der Waals surface area contributed by atoms with Gasteiger partial charge < -0.3 is 18.9 Å². The zero-order valence-corrected chi connectivity index (χ0v) is 44.6. The van der Waals surface area contributed by atoms with Gasteiger partial charge in [-0.05, 0) is 38.5 Å². The summed E-state index contributed by atoms with van der Waals surface area (Å²) in [5.74, 6) is 0.385. The van der Waals surface area contributed by atoms with Crippen molar-refractivity contribution in [2.75, 3.05) is 60.7 Å². The number of carbonyl (C=O) groups is 4. The second-order valence-corrected chi connectivity index (χ2v) is 21.7. The molecule has 390 valence electrons. The van der Waals surface area contributed by atoms with Crippen LogP contribution in [0.5, 0.6) is 0 Å². The van der Waals surface area contributed by atoms with E-state index < -0.39 is 13.9 Å². The minimum absolute atomic E-state index is 0.0852. The molecule has 11 nitrogen and oxygen atoms in total. The highest BCUT2D eigenvalue weighted by Gasteiger charge is 2.25. The molecule has 0 aromatic heterocycles. The molecule has 0 aliphatic carbocycles. The number of likely N-dealkylation sites (N-methyl/N-ethyl adjacent to an activating group) is 1. The van der Waals surface area contributed by atoms with E-state index in [1.165, 1.54) is 89.9 Å². The van der Waals surface area contributed by atoms with Gasteiger partial charge in [0.15, 0.2) is 0 Å². The molecule has 0 rings (SSSR count). The van der Waals surface area contributed by atoms with E-state index in [1.807, 2.05) is 21.1 Å². The summed E-state index contributed by atoms with van der Waals surface area (Å²) >= 11 is 0. The number of ether oxygens (including phenoxy) is 2. The first-order valence-corrected chi connectivity index (χ1v) is 29.0. The lowest BCUT2D eigenvalue weighted by molar-refractivity contribution is -0.870. The first-order valence-electron chi connectivity index (χ1n) is 27.5. The number of carbonyl (C=O) groups excluding carboxylic acids is 4. The Kier molecular flexibility index (Phi) is 45.1. The molecular weight excluding hydrogens is 854 g/mol. The van der Waals surface area contributed by atoms with Gasteiger partial charge >= 0.3 is 7.82 Å². The first-order chi connectivity index (χ1) is 31.8. The number of nitrogens with zero attached hydrogens (tertiary/aromatic N) is 1. The van der Waals surface area contributed by atoms with Crippen molar-refractivity contribution in [3.05, 3.63) is 0 Å². The van der Waals surface area contributed by atoms with Crippen LogP contribution < -0.4 is 0 Å². The molecule has 0 bridgehead atoms. The number of Topliss-reactive ketones (excluding diaryl/α,β-unsaturated/α-hetero) is 4. The normalized spacial score (nSPS) is 13.2. The molecule has 0 fully saturated rings. The van der Waals surface area contributed by atoms with Crippen molar-refractivity contribution < 1.29 is 51.6 Å². The third-order valence-electron chi connectivity index (χ3n) is 12.3. The predicted octanol–water partition coefficient (Wildman–Crippen LogP) is 14.4. The van der Waals surface area contributed by atoms with Crippen LogP contribution in [0.25, 0.3) is 0 Å². The quantitative estimate of drug-likeness (QED) is 0.0271. The summed E-state index contributed by atoms with van der Waals surface area (Å²) < 4.78 is 35.7. The fourth-order valence-electron chi connectivity index (χ4n) is 8.03. The van der Waals surface area contributed by atoms with Crippen LogP contribution >= 0.6 is 7.82 Å². The standard InChI is InChI=1S/C54H104NO10P/c1-6-8-10-12-14-16-20-26-32-38-50(56)46-52(58)40-34-28-22-18-24-30-36-43-62-48-54(49-65-66(60,61)64-45-42-55(3,4)5)63-44-37-31-25-19-23-29-35-41-53(59)47-51(57)39-33-27-21-17-15-13-11-9-7-2/h54H,6-49H2,1-5H3/p+1/t54-/m1/s1. The van der Waals surface area contributed by atoms with Crippen LogP contribution in [-0.4, -0.2) is 99.3 Å². The van der Waals surface area contributed by atoms with Gasteiger partial charge in [0.25, 0.3) is 0 Å². The Morgan fingerprint density at radius 1 is 0.424 bits per heavy atom. The molecule has 0 spiro atoms. The predicted molar refractivity (Wildman–Crippen MR) is 272 cm³/mol. The van der Waals surface area contributed by atoms with Crippen LogP contribution in [-0.2, 0) is 42.3 Å². The van der Waals surface area contributed by atoms with E-state index in [0.29, 0.717) is 49.9 Å². The van der Waals surface area contributed by atoms with Gasteiger partial charge in [0, 0.05) is 38.9 Å². The maximum Gasteiger partial charge on any atom is 0.472 e. The molecule has 0 radical (unpaired) electrons. The zero-order chi connectivity index (χ0) is 48.8. The lowest BCUT2D eigenvalue weighted by atomic mass is 10.0. The molecule has 0 saturated carbocycles. The smallest absolute Gasteiger partial charge is 0.379 e. The van der Waals surface area contributed by atoms with Gasteiger partial charge in [0.05, 0.1) is 47.2 Å². The molecular formula is C54H105NO10P+. The van der Waals surface area contributed by atoms with Gasteiger partial charge in [-0.3, -0.25) is 28.2 Å². The maximum absolute atomic E-state index is 12.6. The fourth-order valence-corrected chi connectivity index (χ4v) is 8.77. The highest BCUT2D eigenvalue weighted by Crippen LogP contribution is 2.43. The van der Waals surface area contributed by atoms with Gasteiger partial charge in [0.1, 0.15) is 42.4 Å². The van der Waals surface area contributed by atoms with Crippen LogP contribution in [0.15, 0.2) is 0 Å². The molecule has 1 N–H and O–H groups in total. The van der Waals surface area contributed by atoms with Crippen LogP contribution in [0.2, 0.25) is 0 Å². The van der Waals surface area contributed by atoms with Gasteiger partial charge in [-0.1, -0.05) is 181 Å². The highest BCUT2D eigenvalue weighted by molar-refractivity contribution is 7.47. The molecule has 1 unspecified atom stereocenters. The summed E-state index contributed by atoms with van der Waals surface area (Å²) in [6.45, 7) is 6.37. The Balaban J connectivity index is 4.17. The van der Waals surface area contributed by atoms with E-state index in [9.17, 15) is 28.6 Å². The molecule has 0 saturated heterocycles. The summed E-state index contributed by atoms with van der Waals surface area (Å²) in [5, 5.41) is 0. The van der Waals surface area contributed by atoms with E-state index in [-0.39, 0.29) is 55.8 Å². The van der Waals surface area contributed by atoms with Crippen LogP contribution in [0.4, 0.5) is 0 Å². The molecule has 0 aromatic carbocycles. The Morgan fingerprint density at radius 2 is 0.742 bits per heavy atom. The second kappa shape index (κ2) is 46.1. The number of phosphoric ester groups is 1. The molecule has 0 aromatic rings. The van der Waals surface area contributed by atoms with Gasteiger partial charge in [-0.15, -0.1) is 0 Å². The summed E-state index contributed by atoms with van der Waals surface area (Å²) in [6.07, 6.45) is 37.8. The van der Waals surface area contributed by atoms with Crippen LogP contribution in [0, 0.1) is 0 Å². The van der Waals surface area contributed by atoms with Crippen molar-refractivity contribution in [3.8, 4) is 0 Å². The van der Waals surface area contributed by atoms with Crippen molar-refractivity contribution >= 4 is 31.0 Å². The Bertz CT molecular complexity index is 1210. The number of rotatable bonds is 54. The Labute approximate surface area is 405 Å². The van der Waals surface area contributed by atoms with E-state index in [4.69, 9.17) is 18.5 Å². The first kappa shape index (κ1) is 64.7. The van der Waals surface area contributed by atoms with E-state index in [2.05, 4.69) is 13.8 Å². The summed E-state index contributed by atoms with van der Waals surface area (Å²) in [5.41, 5.74) is 0. The third-order valence-corrected chi connectivity index (χ3v) is 13.3. The topological polar surface area (TPSA) is 143 Å². The van der Waals surface area contributed by atoms with Crippen molar-refractivity contribution in [2.24, 2.45) is 0 Å². The third kappa shape index (κ3) is 49.1. The largest absolute Gasteiger partial charge is 0.472 e. The average Bonchev–Trinajstić information content (AvgIpc) is 3.25. The van der Waals surface area contributed by atoms with E-state index in [1.54, 1.807) is 0 Å². The molecule has 12 heteroatoms. The van der Waals surface area contributed by atoms with E-state index in [0.717, 1.165) is 116 Å². The monoisotopic (exact) mass is 959 g/mol. The number of phosphoric acid groups is 1. The zero-order valence-electron chi connectivity index (χ0n) is 43.7. The minimum atomic E-state index is -4.23. The van der Waals surface area contributed by atoms with E-state index >= 15 is 0 Å². The number of hydrogen-bond donors (Lipinski definition) is 1. The summed E-state index contributed by atoms with van der Waals surface area (Å²) in [4.78, 5) is 59.3. The SMILES string of the molecule is CCCCCCCCCCCC(=O)CC(=O)CCCCCCCCCOC[C@H](COP(=O)(O)OCC[N+](C)(C)C)OCCCCCCCCCC(=O)CC(=O)CCCCCCCCCCC. The van der Waals surface area contributed by atoms with Crippen molar-refractivity contribution in [1.82, 2.24) is 0 Å². The van der Waals surface area contributed by atoms with Crippen LogP contribution in [0.3, 0.4) is 0 Å². The lowest BCUT2D eigenvalue weighted by Gasteiger charge is -2.24. The molecule has 0 amide bonds. The van der Waals surface area contributed by atoms with Gasteiger partial charge in [-0.2, -0.15) is 0 Å². The fraction of sp³-hybridized carbons (Fsp3) is 0.926. The Morgan fingerprint density at radius 3 is 1.09 bits per heavy atom. The van der Waals surface area contributed by atoms with Gasteiger partial charge in [-0.25, -0.2) is 4.57 Å². The van der Waals surface area contributed by atoms with Crippen LogP contribution in [0.1, 0.15) is 258 Å². The number of ketones is 4. The van der Waals surface area contributed by atoms with Crippen molar-refractivity contribution in [2.45, 2.75) is 264 Å². The van der Waals surface area contributed by atoms with Crippen molar-refractivity contribution in [3.63, 3.8) is 0 Å². The molecule has 66 heavy (non-hydrogen) atoms. The number of quaternary nitrogens is 1. The summed E-state index contributed by atoms with van der Waals surface area (Å²) in [6, 6.07) is 0. The molecule has 0 heterocycles. The van der Waals surface area contributed by atoms with Gasteiger partial charge in [0.2, 0.25) is 0 Å². The van der Waals surface area contributed by atoms with Crippen molar-refractivity contribution in [1.29, 1.82) is 0 Å². The molecule has 2 atom stereocenters. The average molecular weight is 959 g/mol. The highest BCUT2D eigenvalue weighted by atomic mass is 31.2. The minimum Gasteiger partial charge on any atom is -0.379 e. The number of unbranched alkanes of at least 4 members (excludes halogenated alkanes) is 28. The summed E-state index contributed by atoms with van der Waals surface area (Å²) in [7, 11) is 1.72.